The SMILES string of the molecule is [2H]c1c([2H])c([2H])c(-c2cccc(-c3c([2H])c([2H])c([2H])c([2H])c3[2H])c2N2CN(c3cccc(Oc4ccc5c6ccccc6n(-c6ncc(C([2H])([2H])[2H])c(-c7ccccc7)c6C([2H])([2H])[2H])c5c4)c3)c3ccccc32)c([2H])c1[2H]. The summed E-state index contributed by atoms with van der Waals surface area (Å²) in [4.78, 5) is 8.44. The molecule has 0 aliphatic carbocycles. The molecule has 0 spiro atoms. The molecule has 0 saturated carbocycles. The minimum atomic E-state index is -2.83. The summed E-state index contributed by atoms with van der Waals surface area (Å²) in [5.41, 5.74) is 3.39. The normalized spacial score (nSPS) is 16.5. The maximum Gasteiger partial charge on any atom is 0.141 e. The second-order valence-electron chi connectivity index (χ2n) is 14.4. The van der Waals surface area contributed by atoms with Crippen LogP contribution < -0.4 is 14.5 Å². The third-order valence-corrected chi connectivity index (χ3v) is 10.9. The van der Waals surface area contributed by atoms with Crippen molar-refractivity contribution in [3.63, 3.8) is 0 Å². The van der Waals surface area contributed by atoms with Crippen molar-refractivity contribution in [1.29, 1.82) is 0 Å². The van der Waals surface area contributed by atoms with Gasteiger partial charge in [0.1, 0.15) is 24.0 Å². The quantitative estimate of drug-likeness (QED) is 0.153. The summed E-state index contributed by atoms with van der Waals surface area (Å²) >= 11 is 0. The summed E-state index contributed by atoms with van der Waals surface area (Å²) < 4.78 is 148. The van der Waals surface area contributed by atoms with E-state index in [0.29, 0.717) is 45.2 Å². The standard InChI is InChI=1S/C56H42N4O/c1-38-36-57-56(39(2)54(38)42-22-10-5-11-23-42)60-50-29-13-12-26-48(50)49-33-32-45(35-53(49)60)61-44-25-16-24-43(34-44)58-37-59(52-31-15-14-30-51(52)58)55-46(40-18-6-3-7-19-40)27-17-28-47(55)41-20-8-4-9-21-41/h3-36H,37H2,1-2H3/i1D3,2D3,3D,4D,6D,7D,8D,9D,18D,19D,20D,21D. The Kier molecular flexibility index (Phi) is 5.68. The maximum absolute atomic E-state index is 9.04. The molecule has 61 heavy (non-hydrogen) atoms. The van der Waals surface area contributed by atoms with E-state index in [1.54, 1.807) is 77.4 Å². The molecule has 0 unspecified atom stereocenters. The van der Waals surface area contributed by atoms with Crippen molar-refractivity contribution < 1.29 is 26.7 Å². The molecule has 2 aromatic heterocycles. The minimum Gasteiger partial charge on any atom is -0.457 e. The Bertz CT molecular complexity index is 3920. The number of benzene rings is 8. The number of ether oxygens (including phenoxy) is 1. The highest BCUT2D eigenvalue weighted by Gasteiger charge is 2.31. The van der Waals surface area contributed by atoms with Gasteiger partial charge in [-0.05, 0) is 84.0 Å². The van der Waals surface area contributed by atoms with Crippen LogP contribution in [-0.4, -0.2) is 16.2 Å². The van der Waals surface area contributed by atoms with Crippen molar-refractivity contribution in [2.24, 2.45) is 0 Å². The molecule has 292 valence electrons. The van der Waals surface area contributed by atoms with Crippen molar-refractivity contribution >= 4 is 44.6 Å². The van der Waals surface area contributed by atoms with E-state index in [1.165, 1.54) is 6.20 Å². The highest BCUT2D eigenvalue weighted by atomic mass is 16.5. The molecule has 5 nitrogen and oxygen atoms in total. The maximum atomic E-state index is 9.04. The number of hydrogen-bond donors (Lipinski definition) is 0. The van der Waals surface area contributed by atoms with E-state index in [2.05, 4.69) is 4.98 Å². The molecule has 0 bridgehead atoms. The molecule has 5 heteroatoms. The summed E-state index contributed by atoms with van der Waals surface area (Å²) in [7, 11) is 0. The van der Waals surface area contributed by atoms with Crippen molar-refractivity contribution in [3.8, 4) is 50.7 Å². The molecular weight excluding hydrogens is 745 g/mol. The fourth-order valence-electron chi connectivity index (χ4n) is 8.30. The topological polar surface area (TPSA) is 33.5 Å². The van der Waals surface area contributed by atoms with Gasteiger partial charge in [-0.15, -0.1) is 0 Å². The van der Waals surface area contributed by atoms with E-state index in [0.717, 1.165) is 10.8 Å². The van der Waals surface area contributed by atoms with Gasteiger partial charge in [-0.25, -0.2) is 4.98 Å². The molecule has 11 rings (SSSR count). The fraction of sp³-hybridized carbons (Fsp3) is 0.0536. The highest BCUT2D eigenvalue weighted by Crippen LogP contribution is 2.50. The van der Waals surface area contributed by atoms with Gasteiger partial charge in [-0.3, -0.25) is 4.57 Å². The Morgan fingerprint density at radius 2 is 1.21 bits per heavy atom. The molecule has 0 N–H and O–H groups in total. The molecule has 0 fully saturated rings. The number of pyridine rings is 1. The van der Waals surface area contributed by atoms with Crippen LogP contribution in [0.3, 0.4) is 0 Å². The monoisotopic (exact) mass is 802 g/mol. The average molecular weight is 803 g/mol. The van der Waals surface area contributed by atoms with Gasteiger partial charge in [-0.2, -0.15) is 0 Å². The van der Waals surface area contributed by atoms with Crippen LogP contribution in [0.5, 0.6) is 11.5 Å². The average Bonchev–Trinajstić information content (AvgIpc) is 4.17. The molecule has 1 aliphatic rings. The first kappa shape index (κ1) is 23.0. The van der Waals surface area contributed by atoms with Gasteiger partial charge in [0.2, 0.25) is 0 Å². The zero-order valence-corrected chi connectivity index (χ0v) is 32.3. The number of rotatable bonds is 8. The first-order valence-corrected chi connectivity index (χ1v) is 19.5. The summed E-state index contributed by atoms with van der Waals surface area (Å²) in [6.07, 6.45) is 1.23. The van der Waals surface area contributed by atoms with E-state index in [1.807, 2.05) is 76.5 Å². The predicted molar refractivity (Wildman–Crippen MR) is 253 cm³/mol. The van der Waals surface area contributed by atoms with Crippen molar-refractivity contribution in [2.45, 2.75) is 13.7 Å². The van der Waals surface area contributed by atoms with Gasteiger partial charge in [-0.1, -0.05) is 145 Å². The molecule has 1 aliphatic heterocycles. The number of aromatic nitrogens is 2. The second-order valence-corrected chi connectivity index (χ2v) is 14.4. The molecule has 0 radical (unpaired) electrons. The fourth-order valence-corrected chi connectivity index (χ4v) is 8.30. The van der Waals surface area contributed by atoms with Gasteiger partial charge in [0.05, 0.1) is 41.8 Å². The number of hydrogen-bond acceptors (Lipinski definition) is 4. The number of fused-ring (bicyclic) bond motifs is 4. The Balaban J connectivity index is 1.04. The lowest BCUT2D eigenvalue weighted by Crippen LogP contribution is -2.24. The molecule has 0 amide bonds. The summed E-state index contributed by atoms with van der Waals surface area (Å²) in [5, 5.41) is 1.54. The number of nitrogens with zero attached hydrogens (tertiary/aromatic N) is 4. The third-order valence-electron chi connectivity index (χ3n) is 10.9. The number of para-hydroxylation sites is 4. The van der Waals surface area contributed by atoms with Crippen LogP contribution >= 0.6 is 0 Å². The van der Waals surface area contributed by atoms with Gasteiger partial charge in [0, 0.05) is 59.7 Å². The van der Waals surface area contributed by atoms with Gasteiger partial charge >= 0.3 is 0 Å². The molecule has 10 aromatic rings. The lowest BCUT2D eigenvalue weighted by molar-refractivity contribution is 0.483. The summed E-state index contributed by atoms with van der Waals surface area (Å²) in [6.45, 7) is -5.49. The minimum absolute atomic E-state index is 0.0283. The van der Waals surface area contributed by atoms with Crippen LogP contribution in [0.25, 0.3) is 61.0 Å². The van der Waals surface area contributed by atoms with Crippen LogP contribution in [0.4, 0.5) is 22.7 Å². The van der Waals surface area contributed by atoms with E-state index >= 15 is 0 Å². The van der Waals surface area contributed by atoms with Gasteiger partial charge in [0.25, 0.3) is 0 Å². The molecule has 0 atom stereocenters. The summed E-state index contributed by atoms with van der Waals surface area (Å²) in [5.74, 6) is 0.799. The zero-order chi connectivity index (χ0) is 54.6. The molecule has 3 heterocycles. The first-order chi connectivity index (χ1) is 36.7. The zero-order valence-electron chi connectivity index (χ0n) is 48.3. The Morgan fingerprint density at radius 1 is 0.557 bits per heavy atom. The lowest BCUT2D eigenvalue weighted by atomic mass is 9.95. The predicted octanol–water partition coefficient (Wildman–Crippen LogP) is 14.8. The third kappa shape index (κ3) is 6.30. The van der Waals surface area contributed by atoms with E-state index in [-0.39, 0.29) is 57.1 Å². The van der Waals surface area contributed by atoms with Crippen molar-refractivity contribution in [1.82, 2.24) is 9.55 Å². The van der Waals surface area contributed by atoms with Crippen LogP contribution in [-0.2, 0) is 0 Å². The van der Waals surface area contributed by atoms with E-state index in [9.17, 15) is 0 Å². The van der Waals surface area contributed by atoms with Crippen molar-refractivity contribution in [3.05, 3.63) is 217 Å². The van der Waals surface area contributed by atoms with E-state index < -0.39 is 74.1 Å². The number of aryl methyl sites for hydroxylation is 1. The Hall–Kier alpha value is -7.89. The lowest BCUT2D eigenvalue weighted by Gasteiger charge is -2.27. The van der Waals surface area contributed by atoms with Crippen LogP contribution in [0.1, 0.15) is 33.1 Å². The molecule has 0 saturated heterocycles. The van der Waals surface area contributed by atoms with Crippen LogP contribution in [0, 0.1) is 13.7 Å². The summed E-state index contributed by atoms with van der Waals surface area (Å²) in [6, 6.07) is 35.4. The van der Waals surface area contributed by atoms with E-state index in [4.69, 9.17) is 26.7 Å². The highest BCUT2D eigenvalue weighted by molar-refractivity contribution is 6.09. The van der Waals surface area contributed by atoms with Crippen LogP contribution in [0.2, 0.25) is 0 Å². The number of anilines is 4. The largest absolute Gasteiger partial charge is 0.457 e. The van der Waals surface area contributed by atoms with Gasteiger partial charge in [0.15, 0.2) is 0 Å². The molecule has 8 aromatic carbocycles. The van der Waals surface area contributed by atoms with Crippen LogP contribution in [0.15, 0.2) is 206 Å². The Morgan fingerprint density at radius 3 is 1.95 bits per heavy atom. The smallest absolute Gasteiger partial charge is 0.141 e. The first-order valence-electron chi connectivity index (χ1n) is 27.5. The Labute approximate surface area is 378 Å². The van der Waals surface area contributed by atoms with Gasteiger partial charge < -0.3 is 14.5 Å². The van der Waals surface area contributed by atoms with Crippen molar-refractivity contribution in [2.75, 3.05) is 16.5 Å². The molecular formula is C56H42N4O. The second kappa shape index (κ2) is 15.0.